The van der Waals surface area contributed by atoms with E-state index in [4.69, 9.17) is 0 Å². The molecule has 1 nitrogen and oxygen atoms in total. The first-order valence-electron chi connectivity index (χ1n) is 2.14. The zero-order valence-corrected chi connectivity index (χ0v) is 6.47. The summed E-state index contributed by atoms with van der Waals surface area (Å²) in [7, 11) is 0. The third-order valence-electron chi connectivity index (χ3n) is 0.523. The maximum Gasteiger partial charge on any atom is 0.0780 e. The molecule has 0 aromatic carbocycles. The summed E-state index contributed by atoms with van der Waals surface area (Å²) in [6, 6.07) is 0. The summed E-state index contributed by atoms with van der Waals surface area (Å²) in [5.74, 6) is 0. The Hall–Kier alpha value is 0.140. The van der Waals surface area contributed by atoms with Gasteiger partial charge in [-0.2, -0.15) is 0 Å². The number of rotatable bonds is 2. The number of hydrogen-bond acceptors (Lipinski definition) is 1. The molecule has 0 aliphatic carbocycles. The third-order valence-corrected chi connectivity index (χ3v) is 1.56. The molecule has 0 N–H and O–H groups in total. The van der Waals surface area contributed by atoms with Gasteiger partial charge in [0, 0.05) is 6.20 Å². The normalized spacial score (nSPS) is 11.4. The van der Waals surface area contributed by atoms with Crippen molar-refractivity contribution in [2.24, 2.45) is 4.99 Å². The Kier molecular flexibility index (Phi) is 4.39. The zero-order chi connectivity index (χ0) is 5.70. The monoisotopic (exact) mass is 209 g/mol. The van der Waals surface area contributed by atoms with Crippen molar-refractivity contribution in [2.45, 2.75) is 13.3 Å². The van der Waals surface area contributed by atoms with Crippen LogP contribution in [0.25, 0.3) is 0 Å². The van der Waals surface area contributed by atoms with Gasteiger partial charge < -0.3 is 0 Å². The van der Waals surface area contributed by atoms with E-state index >= 15 is 0 Å². The highest BCUT2D eigenvalue weighted by Crippen LogP contribution is 1.94. The minimum absolute atomic E-state index is 1.01. The average Bonchev–Trinajstić information content (AvgIpc) is 1.68. The lowest BCUT2D eigenvalue weighted by Crippen LogP contribution is -1.76. The summed E-state index contributed by atoms with van der Waals surface area (Å²) < 4.78 is 1.10. The van der Waals surface area contributed by atoms with E-state index in [1.165, 1.54) is 0 Å². The first-order valence-corrected chi connectivity index (χ1v) is 3.22. The largest absolute Gasteiger partial charge is 0.255 e. The van der Waals surface area contributed by atoms with Crippen molar-refractivity contribution in [3.05, 3.63) is 12.8 Å². The molecule has 0 aliphatic rings. The van der Waals surface area contributed by atoms with E-state index in [9.17, 15) is 0 Å². The lowest BCUT2D eigenvalue weighted by atomic mass is 10.5. The van der Waals surface area contributed by atoms with Gasteiger partial charge in [-0.25, -0.2) is 0 Å². The molecule has 0 amide bonds. The molecule has 40 valence electrons. The smallest absolute Gasteiger partial charge is 0.0780 e. The summed E-state index contributed by atoms with van der Waals surface area (Å²) >= 11 is 2.18. The number of nitrogens with zero attached hydrogens (tertiary/aromatic N) is 1. The molecule has 0 aromatic heterocycles. The van der Waals surface area contributed by atoms with Gasteiger partial charge in [0.25, 0.3) is 0 Å². The second kappa shape index (κ2) is 4.30. The second-order valence-corrected chi connectivity index (χ2v) is 2.29. The molecule has 0 atom stereocenters. The molecular formula is C5H8IN. The lowest BCUT2D eigenvalue weighted by molar-refractivity contribution is 1.31. The van der Waals surface area contributed by atoms with Crippen molar-refractivity contribution in [2.75, 3.05) is 0 Å². The Morgan fingerprint density at radius 3 is 2.71 bits per heavy atom. The summed E-state index contributed by atoms with van der Waals surface area (Å²) in [6.07, 6.45) is 2.57. The Bertz CT molecular complexity index is 86.1. The van der Waals surface area contributed by atoms with Crippen molar-refractivity contribution < 1.29 is 0 Å². The van der Waals surface area contributed by atoms with E-state index in [1.807, 2.05) is 0 Å². The molecule has 0 bridgehead atoms. The van der Waals surface area contributed by atoms with E-state index in [0.29, 0.717) is 0 Å². The van der Waals surface area contributed by atoms with Crippen LogP contribution in [0.5, 0.6) is 0 Å². The quantitative estimate of drug-likeness (QED) is 0.489. The standard InChI is InChI=1S/C5H8IN/c1-3-5(6)7-4-2/h4H,2-3H2,1H3. The molecule has 0 saturated heterocycles. The summed E-state index contributed by atoms with van der Waals surface area (Å²) in [6.45, 7) is 5.52. The fraction of sp³-hybridized carbons (Fsp3) is 0.400. The second-order valence-electron chi connectivity index (χ2n) is 1.04. The van der Waals surface area contributed by atoms with Crippen LogP contribution in [0.2, 0.25) is 0 Å². The molecule has 0 aliphatic heterocycles. The number of hydrogen-bond donors (Lipinski definition) is 0. The van der Waals surface area contributed by atoms with E-state index < -0.39 is 0 Å². The maximum atomic E-state index is 3.91. The van der Waals surface area contributed by atoms with Crippen LogP contribution in [-0.2, 0) is 0 Å². The van der Waals surface area contributed by atoms with Crippen LogP contribution in [0.4, 0.5) is 0 Å². The van der Waals surface area contributed by atoms with Gasteiger partial charge in [-0.1, -0.05) is 13.5 Å². The molecule has 0 fully saturated rings. The molecule has 0 rings (SSSR count). The van der Waals surface area contributed by atoms with Crippen LogP contribution < -0.4 is 0 Å². The van der Waals surface area contributed by atoms with Gasteiger partial charge in [0.1, 0.15) is 0 Å². The fourth-order valence-corrected chi connectivity index (χ4v) is 0.387. The molecular weight excluding hydrogens is 201 g/mol. The highest BCUT2D eigenvalue weighted by molar-refractivity contribution is 14.1. The van der Waals surface area contributed by atoms with Crippen LogP contribution in [0.1, 0.15) is 13.3 Å². The third kappa shape index (κ3) is 3.98. The predicted octanol–water partition coefficient (Wildman–Crippen LogP) is 2.37. The van der Waals surface area contributed by atoms with E-state index in [0.717, 1.165) is 10.1 Å². The number of halogens is 1. The molecule has 2 heteroatoms. The summed E-state index contributed by atoms with van der Waals surface area (Å²) in [4.78, 5) is 3.91. The van der Waals surface area contributed by atoms with Gasteiger partial charge in [0.05, 0.1) is 3.72 Å². The minimum atomic E-state index is 1.01. The highest BCUT2D eigenvalue weighted by Gasteiger charge is 1.79. The van der Waals surface area contributed by atoms with Crippen molar-refractivity contribution in [3.8, 4) is 0 Å². The van der Waals surface area contributed by atoms with Gasteiger partial charge in [-0.05, 0) is 29.0 Å². The SMILES string of the molecule is C=CN=C(I)CC. The number of aliphatic imine (C=N–C) groups is 1. The van der Waals surface area contributed by atoms with Gasteiger partial charge >= 0.3 is 0 Å². The van der Waals surface area contributed by atoms with E-state index in [-0.39, 0.29) is 0 Å². The average molecular weight is 209 g/mol. The highest BCUT2D eigenvalue weighted by atomic mass is 127. The van der Waals surface area contributed by atoms with Crippen LogP contribution >= 0.6 is 22.6 Å². The van der Waals surface area contributed by atoms with Crippen molar-refractivity contribution in [1.29, 1.82) is 0 Å². The Balaban J connectivity index is 3.49. The van der Waals surface area contributed by atoms with Crippen LogP contribution in [-0.4, -0.2) is 3.72 Å². The summed E-state index contributed by atoms with van der Waals surface area (Å²) in [5, 5.41) is 0. The topological polar surface area (TPSA) is 12.4 Å². The van der Waals surface area contributed by atoms with Crippen LogP contribution in [0, 0.1) is 0 Å². The first-order chi connectivity index (χ1) is 3.31. The van der Waals surface area contributed by atoms with Crippen molar-refractivity contribution in [3.63, 3.8) is 0 Å². The van der Waals surface area contributed by atoms with Crippen LogP contribution in [0.3, 0.4) is 0 Å². The van der Waals surface area contributed by atoms with Gasteiger partial charge in [0.15, 0.2) is 0 Å². The predicted molar refractivity (Wildman–Crippen MR) is 41.9 cm³/mol. The molecule has 0 unspecified atom stereocenters. The van der Waals surface area contributed by atoms with E-state index in [2.05, 4.69) is 41.1 Å². The molecule has 0 saturated carbocycles. The summed E-state index contributed by atoms with van der Waals surface area (Å²) in [5.41, 5.74) is 0. The minimum Gasteiger partial charge on any atom is -0.255 e. The van der Waals surface area contributed by atoms with E-state index in [1.54, 1.807) is 6.20 Å². The molecule has 7 heavy (non-hydrogen) atoms. The van der Waals surface area contributed by atoms with Crippen LogP contribution in [0.15, 0.2) is 17.8 Å². The molecule has 0 radical (unpaired) electrons. The van der Waals surface area contributed by atoms with Gasteiger partial charge in [-0.3, -0.25) is 4.99 Å². The Morgan fingerprint density at radius 1 is 2.00 bits per heavy atom. The maximum absolute atomic E-state index is 3.91. The molecule has 0 heterocycles. The fourth-order valence-electron chi connectivity index (χ4n) is 0.190. The Morgan fingerprint density at radius 2 is 2.57 bits per heavy atom. The van der Waals surface area contributed by atoms with Gasteiger partial charge in [0.2, 0.25) is 0 Å². The molecule has 0 spiro atoms. The molecule has 0 aromatic rings. The lowest BCUT2D eigenvalue weighted by Gasteiger charge is -1.82. The van der Waals surface area contributed by atoms with Gasteiger partial charge in [-0.15, -0.1) is 0 Å². The zero-order valence-electron chi connectivity index (χ0n) is 4.32. The Labute approximate surface area is 57.7 Å². The van der Waals surface area contributed by atoms with Crippen molar-refractivity contribution >= 4 is 26.3 Å². The first kappa shape index (κ1) is 7.14. The van der Waals surface area contributed by atoms with Crippen molar-refractivity contribution in [1.82, 2.24) is 0 Å².